The molecule has 6 nitrogen and oxygen atoms in total. The van der Waals surface area contributed by atoms with Gasteiger partial charge in [-0.1, -0.05) is 25.3 Å². The van der Waals surface area contributed by atoms with E-state index in [1.165, 1.54) is 24.8 Å². The highest BCUT2D eigenvalue weighted by Gasteiger charge is 2.30. The molecule has 1 aromatic carbocycles. The Morgan fingerprint density at radius 2 is 2.00 bits per heavy atom. The third-order valence-electron chi connectivity index (χ3n) is 6.33. The van der Waals surface area contributed by atoms with E-state index in [2.05, 4.69) is 17.0 Å². The van der Waals surface area contributed by atoms with E-state index in [1.54, 1.807) is 16.8 Å². The first-order valence-corrected chi connectivity index (χ1v) is 12.0. The van der Waals surface area contributed by atoms with Gasteiger partial charge in [0, 0.05) is 24.8 Å². The Balaban J connectivity index is 1.43. The van der Waals surface area contributed by atoms with Crippen molar-refractivity contribution in [2.75, 3.05) is 18.0 Å². The predicted octanol–water partition coefficient (Wildman–Crippen LogP) is 5.61. The van der Waals surface area contributed by atoms with Crippen molar-refractivity contribution in [3.05, 3.63) is 72.1 Å². The number of rotatable bonds is 11. The van der Waals surface area contributed by atoms with Crippen molar-refractivity contribution in [1.29, 1.82) is 0 Å². The smallest absolute Gasteiger partial charge is 0.256 e. The molecule has 4 rings (SSSR count). The second-order valence-corrected chi connectivity index (χ2v) is 8.73. The van der Waals surface area contributed by atoms with Crippen molar-refractivity contribution in [2.24, 2.45) is 0 Å². The molecule has 0 radical (unpaired) electrons. The molecule has 180 valence electrons. The lowest BCUT2D eigenvalue weighted by molar-refractivity contribution is 0.0954. The number of anilines is 1. The largest absolute Gasteiger partial charge is 0.352 e. The topological polar surface area (TPSA) is 62.5 Å². The van der Waals surface area contributed by atoms with Gasteiger partial charge in [-0.25, -0.2) is 18.3 Å². The molecule has 0 unspecified atom stereocenters. The van der Waals surface area contributed by atoms with Gasteiger partial charge < -0.3 is 10.2 Å². The number of carbonyl (C=O) groups excluding carboxylic acids is 1. The number of benzene rings is 1. The fraction of sp³-hybridized carbons (Fsp3) is 0.423. The van der Waals surface area contributed by atoms with Crippen LogP contribution >= 0.6 is 0 Å². The molecule has 3 aromatic rings. The summed E-state index contributed by atoms with van der Waals surface area (Å²) in [5.41, 5.74) is 1.18. The van der Waals surface area contributed by atoms with Crippen LogP contribution in [-0.4, -0.2) is 33.6 Å². The molecule has 1 fully saturated rings. The molecule has 1 saturated heterocycles. The maximum Gasteiger partial charge on any atom is 0.256 e. The van der Waals surface area contributed by atoms with Gasteiger partial charge in [0.05, 0.1) is 12.2 Å². The number of nitrogens with one attached hydrogen (secondary N) is 1. The highest BCUT2D eigenvalue weighted by molar-refractivity contribution is 5.99. The number of hydrogen-bond acceptors (Lipinski definition) is 4. The van der Waals surface area contributed by atoms with Gasteiger partial charge in [0.1, 0.15) is 23.0 Å². The van der Waals surface area contributed by atoms with Gasteiger partial charge in [0.25, 0.3) is 5.91 Å². The minimum Gasteiger partial charge on any atom is -0.352 e. The molecule has 34 heavy (non-hydrogen) atoms. The minimum atomic E-state index is -0.460. The van der Waals surface area contributed by atoms with Crippen LogP contribution in [0.2, 0.25) is 0 Å². The zero-order valence-corrected chi connectivity index (χ0v) is 19.4. The summed E-state index contributed by atoms with van der Waals surface area (Å²) in [5.74, 6) is -0.476. The van der Waals surface area contributed by atoms with Crippen molar-refractivity contribution < 1.29 is 13.6 Å². The summed E-state index contributed by atoms with van der Waals surface area (Å²) >= 11 is 0. The van der Waals surface area contributed by atoms with E-state index >= 15 is 0 Å². The molecule has 1 aliphatic heterocycles. The van der Waals surface area contributed by atoms with Gasteiger partial charge in [-0.3, -0.25) is 4.79 Å². The monoisotopic (exact) mass is 467 g/mol. The summed E-state index contributed by atoms with van der Waals surface area (Å²) in [6.45, 7) is 5.01. The molecular weight excluding hydrogens is 436 g/mol. The summed E-state index contributed by atoms with van der Waals surface area (Å²) < 4.78 is 29.8. The van der Waals surface area contributed by atoms with E-state index in [0.29, 0.717) is 42.1 Å². The van der Waals surface area contributed by atoms with E-state index in [1.807, 2.05) is 11.0 Å². The first-order valence-electron chi connectivity index (χ1n) is 12.0. The molecule has 3 heterocycles. The fourth-order valence-corrected chi connectivity index (χ4v) is 4.55. The van der Waals surface area contributed by atoms with Gasteiger partial charge in [0.2, 0.25) is 0 Å². The third-order valence-corrected chi connectivity index (χ3v) is 6.33. The summed E-state index contributed by atoms with van der Waals surface area (Å²) in [6.07, 6.45) is 13.3. The summed E-state index contributed by atoms with van der Waals surface area (Å²) in [7, 11) is 0. The van der Waals surface area contributed by atoms with Crippen LogP contribution in [0.5, 0.6) is 0 Å². The molecule has 0 saturated carbocycles. The van der Waals surface area contributed by atoms with E-state index < -0.39 is 11.6 Å². The number of amides is 1. The summed E-state index contributed by atoms with van der Waals surface area (Å²) in [4.78, 5) is 19.4. The van der Waals surface area contributed by atoms with Crippen molar-refractivity contribution in [3.8, 4) is 0 Å². The second-order valence-electron chi connectivity index (χ2n) is 8.73. The van der Waals surface area contributed by atoms with Crippen LogP contribution in [0.15, 0.2) is 49.3 Å². The molecule has 1 aliphatic rings. The number of fused-ring (bicyclic) bond motifs is 1. The maximum absolute atomic E-state index is 14.4. The van der Waals surface area contributed by atoms with Crippen LogP contribution in [0.3, 0.4) is 0 Å². The number of carbonyl (C=O) groups is 1. The molecule has 1 amide bonds. The van der Waals surface area contributed by atoms with E-state index in [9.17, 15) is 13.6 Å². The lowest BCUT2D eigenvalue weighted by atomic mass is 10.0. The number of aromatic nitrogens is 3. The Labute approximate surface area is 198 Å². The van der Waals surface area contributed by atoms with E-state index in [-0.39, 0.29) is 11.9 Å². The second kappa shape index (κ2) is 11.2. The van der Waals surface area contributed by atoms with Crippen LogP contribution in [0.1, 0.15) is 73.3 Å². The molecule has 2 aromatic heterocycles. The number of unbranched alkanes of at least 4 members (excludes halogenated alkanes) is 5. The van der Waals surface area contributed by atoms with Crippen LogP contribution in [0, 0.1) is 11.6 Å². The maximum atomic E-state index is 14.4. The normalized spacial score (nSPS) is 15.7. The first-order chi connectivity index (χ1) is 16.6. The Hall–Kier alpha value is -3.29. The average Bonchev–Trinajstić information content (AvgIpc) is 3.49. The third kappa shape index (κ3) is 5.43. The highest BCUT2D eigenvalue weighted by Crippen LogP contribution is 2.36. The lowest BCUT2D eigenvalue weighted by Crippen LogP contribution is -2.26. The van der Waals surface area contributed by atoms with Gasteiger partial charge in [-0.15, -0.1) is 6.58 Å². The number of nitrogens with zero attached hydrogens (tertiary/aromatic N) is 4. The first kappa shape index (κ1) is 23.9. The minimum absolute atomic E-state index is 0.208. The average molecular weight is 468 g/mol. The highest BCUT2D eigenvalue weighted by atomic mass is 19.1. The zero-order valence-electron chi connectivity index (χ0n) is 19.4. The van der Waals surface area contributed by atoms with Crippen LogP contribution in [0.4, 0.5) is 14.6 Å². The Morgan fingerprint density at radius 3 is 2.85 bits per heavy atom. The Bertz CT molecular complexity index is 1150. The van der Waals surface area contributed by atoms with Crippen molar-refractivity contribution in [2.45, 2.75) is 57.4 Å². The lowest BCUT2D eigenvalue weighted by Gasteiger charge is -2.26. The molecule has 0 spiro atoms. The van der Waals surface area contributed by atoms with Crippen LogP contribution < -0.4 is 10.2 Å². The number of allylic oxidation sites excluding steroid dienone is 1. The van der Waals surface area contributed by atoms with Gasteiger partial charge in [-0.05, 0) is 56.4 Å². The van der Waals surface area contributed by atoms with Gasteiger partial charge in [0.15, 0.2) is 5.65 Å². The zero-order chi connectivity index (χ0) is 23.9. The molecule has 0 aliphatic carbocycles. The SMILES string of the molecule is C=CCCCCCCCNC(=O)c1cnn2ccc(N3CCC[C@@H]3c3cc(F)ccc3F)nc12. The molecule has 8 heteroatoms. The van der Waals surface area contributed by atoms with Crippen molar-refractivity contribution >= 4 is 17.4 Å². The Morgan fingerprint density at radius 1 is 1.18 bits per heavy atom. The number of hydrogen-bond donors (Lipinski definition) is 1. The van der Waals surface area contributed by atoms with Crippen LogP contribution in [0.25, 0.3) is 5.65 Å². The van der Waals surface area contributed by atoms with Crippen LogP contribution in [-0.2, 0) is 0 Å². The molecule has 1 N–H and O–H groups in total. The molecule has 0 bridgehead atoms. The summed E-state index contributed by atoms with van der Waals surface area (Å²) in [6, 6.07) is 5.04. The van der Waals surface area contributed by atoms with Gasteiger partial charge >= 0.3 is 0 Å². The number of halogens is 2. The van der Waals surface area contributed by atoms with Crippen molar-refractivity contribution in [3.63, 3.8) is 0 Å². The Kier molecular flexibility index (Phi) is 7.87. The van der Waals surface area contributed by atoms with E-state index in [0.717, 1.165) is 44.6 Å². The fourth-order valence-electron chi connectivity index (χ4n) is 4.55. The predicted molar refractivity (Wildman–Crippen MR) is 129 cm³/mol. The standard InChI is InChI=1S/C26H31F2N5O/c1-2-3-4-5-6-7-8-14-29-26(34)21-18-30-33-16-13-24(31-25(21)33)32-15-9-10-23(32)20-17-19(27)11-12-22(20)28/h2,11-13,16-18,23H,1,3-10,14-15H2,(H,29,34)/t23-/m1/s1. The van der Waals surface area contributed by atoms with Crippen molar-refractivity contribution in [1.82, 2.24) is 19.9 Å². The molecule has 1 atom stereocenters. The quantitative estimate of drug-likeness (QED) is 0.294. The molecular formula is C26H31F2N5O. The van der Waals surface area contributed by atoms with Gasteiger partial charge in [-0.2, -0.15) is 5.10 Å². The summed E-state index contributed by atoms with van der Waals surface area (Å²) in [5, 5.41) is 7.22. The van der Waals surface area contributed by atoms with E-state index in [4.69, 9.17) is 4.98 Å².